The largest absolute Gasteiger partial charge is 0.497 e. The van der Waals surface area contributed by atoms with Crippen LogP contribution in [-0.2, 0) is 6.54 Å². The monoisotopic (exact) mass is 394 g/mol. The number of halogens is 1. The molecule has 0 spiro atoms. The molecule has 0 bridgehead atoms. The first-order valence-corrected chi connectivity index (χ1v) is 9.56. The summed E-state index contributed by atoms with van der Waals surface area (Å²) in [5.74, 6) is 2.21. The van der Waals surface area contributed by atoms with Crippen LogP contribution in [-0.4, -0.2) is 48.2 Å². The molecule has 0 unspecified atom stereocenters. The highest BCUT2D eigenvalue weighted by Gasteiger charge is 2.19. The van der Waals surface area contributed by atoms with Gasteiger partial charge in [-0.1, -0.05) is 12.1 Å². The number of hydrogen-bond donors (Lipinski definition) is 0. The molecule has 0 N–H and O–H groups in total. The first-order chi connectivity index (χ1) is 14.2. The summed E-state index contributed by atoms with van der Waals surface area (Å²) in [5, 5.41) is 0. The quantitative estimate of drug-likeness (QED) is 0.635. The predicted octanol–water partition coefficient (Wildman–Crippen LogP) is 3.74. The zero-order chi connectivity index (χ0) is 20.1. The molecule has 0 aliphatic carbocycles. The number of rotatable bonds is 6. The number of anilines is 1. The molecule has 0 radical (unpaired) electrons. The van der Waals surface area contributed by atoms with Crippen molar-refractivity contribution in [3.8, 4) is 17.4 Å². The topological polar surface area (TPSA) is 50.7 Å². The van der Waals surface area contributed by atoms with Gasteiger partial charge in [-0.2, -0.15) is 4.98 Å². The van der Waals surface area contributed by atoms with Crippen molar-refractivity contribution < 1.29 is 13.9 Å². The van der Waals surface area contributed by atoms with Crippen molar-refractivity contribution >= 4 is 5.95 Å². The van der Waals surface area contributed by atoms with Crippen LogP contribution < -0.4 is 14.4 Å². The summed E-state index contributed by atoms with van der Waals surface area (Å²) in [6.45, 7) is 4.45. The van der Waals surface area contributed by atoms with Crippen molar-refractivity contribution in [3.05, 3.63) is 72.2 Å². The number of piperazine rings is 1. The van der Waals surface area contributed by atoms with Crippen LogP contribution in [0.5, 0.6) is 17.4 Å². The normalized spacial score (nSPS) is 14.6. The van der Waals surface area contributed by atoms with Gasteiger partial charge in [0.05, 0.1) is 7.11 Å². The highest BCUT2D eigenvalue weighted by Crippen LogP contribution is 2.22. The van der Waals surface area contributed by atoms with Crippen molar-refractivity contribution in [2.75, 3.05) is 38.2 Å². The second kappa shape index (κ2) is 8.87. The molecule has 2 aromatic carbocycles. The Morgan fingerprint density at radius 1 is 0.897 bits per heavy atom. The fourth-order valence-electron chi connectivity index (χ4n) is 3.26. The molecule has 1 aliphatic heterocycles. The highest BCUT2D eigenvalue weighted by atomic mass is 19.1. The molecular weight excluding hydrogens is 371 g/mol. The van der Waals surface area contributed by atoms with Crippen molar-refractivity contribution in [2.24, 2.45) is 0 Å². The van der Waals surface area contributed by atoms with Gasteiger partial charge in [0.25, 0.3) is 0 Å². The number of hydrogen-bond acceptors (Lipinski definition) is 6. The van der Waals surface area contributed by atoms with Crippen LogP contribution in [0.25, 0.3) is 0 Å². The van der Waals surface area contributed by atoms with Gasteiger partial charge in [-0.25, -0.2) is 9.37 Å². The van der Waals surface area contributed by atoms with Gasteiger partial charge in [-0.15, -0.1) is 0 Å². The number of ether oxygens (including phenoxy) is 2. The molecule has 0 atom stereocenters. The third-order valence-corrected chi connectivity index (χ3v) is 4.87. The van der Waals surface area contributed by atoms with Crippen LogP contribution in [0.2, 0.25) is 0 Å². The van der Waals surface area contributed by atoms with Gasteiger partial charge in [0.2, 0.25) is 11.8 Å². The Hall–Kier alpha value is -3.19. The zero-order valence-electron chi connectivity index (χ0n) is 16.3. The van der Waals surface area contributed by atoms with E-state index in [9.17, 15) is 4.39 Å². The minimum absolute atomic E-state index is 0.298. The lowest BCUT2D eigenvalue weighted by Crippen LogP contribution is -2.46. The molecule has 29 heavy (non-hydrogen) atoms. The fraction of sp³-hybridized carbons (Fsp3) is 0.273. The maximum absolute atomic E-state index is 13.0. The summed E-state index contributed by atoms with van der Waals surface area (Å²) in [6, 6.07) is 15.8. The second-order valence-corrected chi connectivity index (χ2v) is 6.86. The molecule has 150 valence electrons. The molecule has 1 fully saturated rings. The summed E-state index contributed by atoms with van der Waals surface area (Å²) in [6.07, 6.45) is 1.69. The van der Waals surface area contributed by atoms with Gasteiger partial charge in [0, 0.05) is 45.0 Å². The molecule has 1 aliphatic rings. The molecule has 0 saturated carbocycles. The van der Waals surface area contributed by atoms with Crippen LogP contribution in [0, 0.1) is 5.82 Å². The first kappa shape index (κ1) is 19.1. The Morgan fingerprint density at radius 2 is 1.59 bits per heavy atom. The molecule has 3 aromatic rings. The Bertz CT molecular complexity index is 926. The lowest BCUT2D eigenvalue weighted by molar-refractivity contribution is 0.248. The number of aromatic nitrogens is 2. The van der Waals surface area contributed by atoms with Gasteiger partial charge < -0.3 is 14.4 Å². The SMILES string of the molecule is COc1ccc(CN2CCN(c3nccc(Oc4ccc(F)cc4)n3)CC2)cc1. The Morgan fingerprint density at radius 3 is 2.28 bits per heavy atom. The summed E-state index contributed by atoms with van der Waals surface area (Å²) in [4.78, 5) is 13.5. The van der Waals surface area contributed by atoms with Crippen molar-refractivity contribution in [1.29, 1.82) is 0 Å². The van der Waals surface area contributed by atoms with E-state index in [-0.39, 0.29) is 5.82 Å². The molecule has 6 nitrogen and oxygen atoms in total. The van der Waals surface area contributed by atoms with Gasteiger partial charge in [0.15, 0.2) is 0 Å². The van der Waals surface area contributed by atoms with Crippen molar-refractivity contribution in [1.82, 2.24) is 14.9 Å². The number of nitrogens with zero attached hydrogens (tertiary/aromatic N) is 4. The van der Waals surface area contributed by atoms with Gasteiger partial charge in [-0.3, -0.25) is 4.90 Å². The molecule has 0 amide bonds. The van der Waals surface area contributed by atoms with Gasteiger partial charge in [0.1, 0.15) is 17.3 Å². The molecule has 1 saturated heterocycles. The first-order valence-electron chi connectivity index (χ1n) is 9.56. The van der Waals surface area contributed by atoms with Crippen LogP contribution >= 0.6 is 0 Å². The Labute approximate surface area is 169 Å². The smallest absolute Gasteiger partial charge is 0.228 e. The molecule has 1 aromatic heterocycles. The van der Waals surface area contributed by atoms with Crippen LogP contribution in [0.4, 0.5) is 10.3 Å². The van der Waals surface area contributed by atoms with Crippen molar-refractivity contribution in [3.63, 3.8) is 0 Å². The second-order valence-electron chi connectivity index (χ2n) is 6.86. The molecule has 2 heterocycles. The minimum Gasteiger partial charge on any atom is -0.497 e. The Balaban J connectivity index is 1.33. The number of benzene rings is 2. The molecule has 7 heteroatoms. The van der Waals surface area contributed by atoms with Gasteiger partial charge >= 0.3 is 0 Å². The minimum atomic E-state index is -0.298. The third-order valence-electron chi connectivity index (χ3n) is 4.87. The number of methoxy groups -OCH3 is 1. The lowest BCUT2D eigenvalue weighted by Gasteiger charge is -2.34. The fourth-order valence-corrected chi connectivity index (χ4v) is 3.26. The van der Waals surface area contributed by atoms with E-state index in [0.29, 0.717) is 17.6 Å². The van der Waals surface area contributed by atoms with E-state index in [1.54, 1.807) is 31.5 Å². The van der Waals surface area contributed by atoms with Gasteiger partial charge in [-0.05, 0) is 42.0 Å². The zero-order valence-corrected chi connectivity index (χ0v) is 16.3. The van der Waals surface area contributed by atoms with Crippen LogP contribution in [0.3, 0.4) is 0 Å². The third kappa shape index (κ3) is 5.00. The molecular formula is C22H23FN4O2. The molecule has 4 rings (SSSR count). The summed E-state index contributed by atoms with van der Waals surface area (Å²) in [7, 11) is 1.68. The highest BCUT2D eigenvalue weighted by molar-refractivity contribution is 5.35. The summed E-state index contributed by atoms with van der Waals surface area (Å²) < 4.78 is 24.0. The maximum Gasteiger partial charge on any atom is 0.228 e. The van der Waals surface area contributed by atoms with E-state index in [0.717, 1.165) is 38.5 Å². The standard InChI is InChI=1S/C22H23FN4O2/c1-28-19-6-2-17(3-7-19)16-26-12-14-27(15-13-26)22-24-11-10-21(25-22)29-20-8-4-18(23)5-9-20/h2-11H,12-16H2,1H3. The van der Waals surface area contributed by atoms with E-state index >= 15 is 0 Å². The predicted molar refractivity (Wildman–Crippen MR) is 109 cm³/mol. The summed E-state index contributed by atoms with van der Waals surface area (Å²) in [5.41, 5.74) is 1.27. The van der Waals surface area contributed by atoms with Crippen molar-refractivity contribution in [2.45, 2.75) is 6.54 Å². The average Bonchev–Trinajstić information content (AvgIpc) is 2.77. The van der Waals surface area contributed by atoms with Crippen LogP contribution in [0.15, 0.2) is 60.8 Å². The lowest BCUT2D eigenvalue weighted by atomic mass is 10.2. The van der Waals surface area contributed by atoms with E-state index in [2.05, 4.69) is 31.9 Å². The summed E-state index contributed by atoms with van der Waals surface area (Å²) >= 11 is 0. The maximum atomic E-state index is 13.0. The van der Waals surface area contributed by atoms with E-state index in [1.165, 1.54) is 17.7 Å². The Kier molecular flexibility index (Phi) is 5.86. The van der Waals surface area contributed by atoms with Crippen LogP contribution in [0.1, 0.15) is 5.56 Å². The average molecular weight is 394 g/mol. The van der Waals surface area contributed by atoms with E-state index in [4.69, 9.17) is 9.47 Å². The van der Waals surface area contributed by atoms with E-state index < -0.39 is 0 Å². The van der Waals surface area contributed by atoms with E-state index in [1.807, 2.05) is 12.1 Å².